The number of hydrogen-bond acceptors (Lipinski definition) is 6. The zero-order valence-electron chi connectivity index (χ0n) is 14.7. The fourth-order valence-corrected chi connectivity index (χ4v) is 3.87. The van der Waals surface area contributed by atoms with Crippen LogP contribution in [-0.2, 0) is 11.8 Å². The Bertz CT molecular complexity index is 667. The zero-order chi connectivity index (χ0) is 17.1. The Kier molecular flexibility index (Phi) is 4.94. The first kappa shape index (κ1) is 16.5. The molecule has 2 saturated heterocycles. The number of aryl methyl sites for hydroxylation is 1. The van der Waals surface area contributed by atoms with Gasteiger partial charge >= 0.3 is 0 Å². The fraction of sp³-hybridized carbons (Fsp3) is 0.611. The minimum atomic E-state index is 0.118. The average molecular weight is 342 g/mol. The monoisotopic (exact) mass is 342 g/mol. The van der Waals surface area contributed by atoms with E-state index in [0.717, 1.165) is 57.1 Å². The molecule has 2 aromatic rings. The van der Waals surface area contributed by atoms with Crippen LogP contribution >= 0.6 is 0 Å². The number of piperidine rings is 1. The van der Waals surface area contributed by atoms with Crippen molar-refractivity contribution in [3.05, 3.63) is 36.5 Å². The van der Waals surface area contributed by atoms with E-state index >= 15 is 0 Å². The molecule has 0 bridgehead atoms. The number of imidazole rings is 1. The first-order chi connectivity index (χ1) is 12.3. The third kappa shape index (κ3) is 3.67. The molecular weight excluding hydrogens is 316 g/mol. The zero-order valence-corrected chi connectivity index (χ0v) is 14.7. The molecule has 0 spiro atoms. The van der Waals surface area contributed by atoms with Gasteiger partial charge in [-0.05, 0) is 31.4 Å². The molecule has 4 rings (SSSR count). The summed E-state index contributed by atoms with van der Waals surface area (Å²) in [7, 11) is 2.04. The summed E-state index contributed by atoms with van der Waals surface area (Å²) in [6, 6.07) is 4.55. The molecule has 0 saturated carbocycles. The molecule has 1 N–H and O–H groups in total. The van der Waals surface area contributed by atoms with Gasteiger partial charge in [-0.15, -0.1) is 5.10 Å². The molecule has 134 valence electrons. The van der Waals surface area contributed by atoms with Crippen LogP contribution in [0, 0.1) is 5.92 Å². The van der Waals surface area contributed by atoms with Gasteiger partial charge in [0.15, 0.2) is 5.82 Å². The van der Waals surface area contributed by atoms with Crippen LogP contribution in [0.25, 0.3) is 0 Å². The van der Waals surface area contributed by atoms with E-state index in [1.54, 1.807) is 6.20 Å². The second-order valence-electron chi connectivity index (χ2n) is 6.99. The van der Waals surface area contributed by atoms with Crippen molar-refractivity contribution in [1.82, 2.24) is 25.1 Å². The molecule has 0 unspecified atom stereocenters. The van der Waals surface area contributed by atoms with Crippen LogP contribution in [-0.4, -0.2) is 52.0 Å². The molecule has 2 aliphatic heterocycles. The number of nitrogens with one attached hydrogen (secondary N) is 1. The van der Waals surface area contributed by atoms with Crippen LogP contribution < -0.4 is 10.2 Å². The van der Waals surface area contributed by atoms with E-state index in [-0.39, 0.29) is 6.10 Å². The average Bonchev–Trinajstić information content (AvgIpc) is 3.29. The second kappa shape index (κ2) is 7.49. The van der Waals surface area contributed by atoms with E-state index in [9.17, 15) is 0 Å². The van der Waals surface area contributed by atoms with E-state index in [1.807, 2.05) is 31.6 Å². The lowest BCUT2D eigenvalue weighted by Gasteiger charge is -2.33. The number of rotatable bonds is 5. The predicted molar refractivity (Wildman–Crippen MR) is 95.3 cm³/mol. The maximum absolute atomic E-state index is 5.96. The Labute approximate surface area is 148 Å². The molecule has 0 aliphatic carbocycles. The number of hydrogen-bond donors (Lipinski definition) is 1. The highest BCUT2D eigenvalue weighted by molar-refractivity contribution is 5.36. The van der Waals surface area contributed by atoms with Gasteiger partial charge in [0.1, 0.15) is 11.9 Å². The highest BCUT2D eigenvalue weighted by Crippen LogP contribution is 2.33. The summed E-state index contributed by atoms with van der Waals surface area (Å²) in [5.74, 6) is 2.53. The third-order valence-corrected chi connectivity index (χ3v) is 5.37. The lowest BCUT2D eigenvalue weighted by molar-refractivity contribution is 0.0802. The van der Waals surface area contributed by atoms with Crippen molar-refractivity contribution in [2.75, 3.05) is 31.1 Å². The van der Waals surface area contributed by atoms with Crippen LogP contribution in [0.1, 0.15) is 31.2 Å². The number of anilines is 1. The maximum atomic E-state index is 5.96. The molecule has 7 nitrogen and oxygen atoms in total. The van der Waals surface area contributed by atoms with Gasteiger partial charge < -0.3 is 19.5 Å². The van der Waals surface area contributed by atoms with Crippen LogP contribution in [0.4, 0.5) is 5.82 Å². The van der Waals surface area contributed by atoms with Gasteiger partial charge in [-0.3, -0.25) is 0 Å². The van der Waals surface area contributed by atoms with Crippen molar-refractivity contribution in [3.8, 4) is 0 Å². The van der Waals surface area contributed by atoms with Crippen molar-refractivity contribution in [3.63, 3.8) is 0 Å². The normalized spacial score (nSPS) is 24.8. The first-order valence-electron chi connectivity index (χ1n) is 9.16. The molecular formula is C18H26N6O. The summed E-state index contributed by atoms with van der Waals surface area (Å²) >= 11 is 0. The Hall–Kier alpha value is -1.99. The smallest absolute Gasteiger partial charge is 0.151 e. The van der Waals surface area contributed by atoms with Gasteiger partial charge in [-0.25, -0.2) is 4.98 Å². The molecule has 2 fully saturated rings. The molecule has 25 heavy (non-hydrogen) atoms. The molecule has 2 atom stereocenters. The SMILES string of the molecule is Cn1ccnc1[C@@H]1OCC[C@H]1CNC1CCN(c2cccnn2)CC1. The van der Waals surface area contributed by atoms with Gasteiger partial charge in [-0.1, -0.05) is 0 Å². The van der Waals surface area contributed by atoms with Crippen LogP contribution in [0.2, 0.25) is 0 Å². The van der Waals surface area contributed by atoms with E-state index < -0.39 is 0 Å². The van der Waals surface area contributed by atoms with Crippen molar-refractivity contribution < 1.29 is 4.74 Å². The highest BCUT2D eigenvalue weighted by Gasteiger charge is 2.33. The number of ether oxygens (including phenoxy) is 1. The Balaban J connectivity index is 1.27. The van der Waals surface area contributed by atoms with Gasteiger partial charge in [-0.2, -0.15) is 5.10 Å². The summed E-state index contributed by atoms with van der Waals surface area (Å²) in [6.07, 6.45) is 9.05. The molecule has 0 radical (unpaired) electrons. The number of aromatic nitrogens is 4. The Morgan fingerprint density at radius 3 is 2.84 bits per heavy atom. The Morgan fingerprint density at radius 1 is 1.24 bits per heavy atom. The van der Waals surface area contributed by atoms with Crippen LogP contribution in [0.5, 0.6) is 0 Å². The summed E-state index contributed by atoms with van der Waals surface area (Å²) in [6.45, 7) is 3.88. The molecule has 0 aromatic carbocycles. The lowest BCUT2D eigenvalue weighted by atomic mass is 9.98. The molecule has 4 heterocycles. The van der Waals surface area contributed by atoms with Crippen LogP contribution in [0.3, 0.4) is 0 Å². The van der Waals surface area contributed by atoms with Gasteiger partial charge in [0.2, 0.25) is 0 Å². The Morgan fingerprint density at radius 2 is 2.12 bits per heavy atom. The van der Waals surface area contributed by atoms with E-state index in [1.165, 1.54) is 0 Å². The fourth-order valence-electron chi connectivity index (χ4n) is 3.87. The van der Waals surface area contributed by atoms with Gasteiger partial charge in [0, 0.05) is 63.8 Å². The summed E-state index contributed by atoms with van der Waals surface area (Å²) in [5, 5.41) is 12.0. The largest absolute Gasteiger partial charge is 0.370 e. The van der Waals surface area contributed by atoms with Gasteiger partial charge in [0.05, 0.1) is 0 Å². The molecule has 2 aromatic heterocycles. The number of nitrogens with zero attached hydrogens (tertiary/aromatic N) is 5. The van der Waals surface area contributed by atoms with Crippen LogP contribution in [0.15, 0.2) is 30.7 Å². The predicted octanol–water partition coefficient (Wildman–Crippen LogP) is 1.55. The van der Waals surface area contributed by atoms with E-state index in [4.69, 9.17) is 4.74 Å². The van der Waals surface area contributed by atoms with E-state index in [2.05, 4.69) is 30.0 Å². The summed E-state index contributed by atoms with van der Waals surface area (Å²) < 4.78 is 8.03. The van der Waals surface area contributed by atoms with E-state index in [0.29, 0.717) is 12.0 Å². The highest BCUT2D eigenvalue weighted by atomic mass is 16.5. The maximum Gasteiger partial charge on any atom is 0.151 e. The minimum absolute atomic E-state index is 0.118. The topological polar surface area (TPSA) is 68.1 Å². The molecule has 0 amide bonds. The van der Waals surface area contributed by atoms with Crippen molar-refractivity contribution in [1.29, 1.82) is 0 Å². The van der Waals surface area contributed by atoms with Crippen molar-refractivity contribution in [2.24, 2.45) is 13.0 Å². The molecule has 7 heteroatoms. The quantitative estimate of drug-likeness (QED) is 0.889. The second-order valence-corrected chi connectivity index (χ2v) is 6.99. The van der Waals surface area contributed by atoms with Crippen molar-refractivity contribution >= 4 is 5.82 Å². The minimum Gasteiger partial charge on any atom is -0.370 e. The summed E-state index contributed by atoms with van der Waals surface area (Å²) in [5.41, 5.74) is 0. The standard InChI is InChI=1S/C18H26N6O/c1-23-11-8-19-18(23)17-14(6-12-25-17)13-20-15-4-9-24(10-5-15)16-3-2-7-21-22-16/h2-3,7-8,11,14-15,17,20H,4-6,9-10,12-13H2,1H3/t14-,17+/m0/s1. The van der Waals surface area contributed by atoms with Gasteiger partial charge in [0.25, 0.3) is 0 Å². The first-order valence-corrected chi connectivity index (χ1v) is 9.16. The lowest BCUT2D eigenvalue weighted by Crippen LogP contribution is -2.44. The van der Waals surface area contributed by atoms with Crippen molar-refractivity contribution in [2.45, 2.75) is 31.4 Å². The molecule has 2 aliphatic rings. The summed E-state index contributed by atoms with van der Waals surface area (Å²) in [4.78, 5) is 6.80. The third-order valence-electron chi connectivity index (χ3n) is 5.37.